The second-order valence-electron chi connectivity index (χ2n) is 5.42. The van der Waals surface area contributed by atoms with Crippen LogP contribution in [0.4, 0.5) is 5.69 Å². The Hall–Kier alpha value is -2.08. The van der Waals surface area contributed by atoms with Crippen molar-refractivity contribution in [1.29, 1.82) is 0 Å². The van der Waals surface area contributed by atoms with Crippen molar-refractivity contribution in [2.75, 3.05) is 26.0 Å². The quantitative estimate of drug-likeness (QED) is 0.774. The predicted molar refractivity (Wildman–Crippen MR) is 98.9 cm³/mol. The molecule has 0 aliphatic heterocycles. The van der Waals surface area contributed by atoms with Crippen LogP contribution in [0.2, 0.25) is 10.0 Å². The standard InChI is InChI=1S/C18H18Cl2N2O3/c1-22(11-16(23)21-13-7-5-6-12(19)10-13)17(18(24)25-2)14-8-3-4-9-15(14)20/h3-10,17H,11H2,1-2H3,(H,21,23). The summed E-state index contributed by atoms with van der Waals surface area (Å²) in [6.07, 6.45) is 0. The number of benzene rings is 2. The Labute approximate surface area is 156 Å². The highest BCUT2D eigenvalue weighted by molar-refractivity contribution is 6.31. The van der Waals surface area contributed by atoms with Crippen molar-refractivity contribution in [3.05, 3.63) is 64.1 Å². The number of carbonyl (C=O) groups is 2. The molecule has 25 heavy (non-hydrogen) atoms. The fourth-order valence-corrected chi connectivity index (χ4v) is 2.87. The lowest BCUT2D eigenvalue weighted by Crippen LogP contribution is -2.37. The number of amides is 1. The molecule has 1 unspecified atom stereocenters. The van der Waals surface area contributed by atoms with Crippen LogP contribution in [0.15, 0.2) is 48.5 Å². The third kappa shape index (κ3) is 5.19. The molecule has 2 aromatic carbocycles. The van der Waals surface area contributed by atoms with Gasteiger partial charge in [-0.2, -0.15) is 0 Å². The maximum Gasteiger partial charge on any atom is 0.327 e. The lowest BCUT2D eigenvalue weighted by atomic mass is 10.1. The molecule has 0 aromatic heterocycles. The molecule has 5 nitrogen and oxygen atoms in total. The molecule has 2 aromatic rings. The van der Waals surface area contributed by atoms with E-state index in [1.807, 2.05) is 0 Å². The zero-order chi connectivity index (χ0) is 18.4. The monoisotopic (exact) mass is 380 g/mol. The molecule has 0 heterocycles. The summed E-state index contributed by atoms with van der Waals surface area (Å²) in [6.45, 7) is -0.0303. The van der Waals surface area contributed by atoms with Crippen molar-refractivity contribution >= 4 is 40.8 Å². The molecule has 1 amide bonds. The van der Waals surface area contributed by atoms with Gasteiger partial charge in [0.05, 0.1) is 13.7 Å². The van der Waals surface area contributed by atoms with Crippen LogP contribution in [0.3, 0.4) is 0 Å². The van der Waals surface area contributed by atoms with Gasteiger partial charge >= 0.3 is 5.97 Å². The fourth-order valence-electron chi connectivity index (χ4n) is 2.44. The van der Waals surface area contributed by atoms with Crippen LogP contribution in [0.25, 0.3) is 0 Å². The van der Waals surface area contributed by atoms with Crippen LogP contribution in [0, 0.1) is 0 Å². The number of nitrogens with zero attached hydrogens (tertiary/aromatic N) is 1. The Morgan fingerprint density at radius 1 is 1.16 bits per heavy atom. The Balaban J connectivity index is 2.14. The summed E-state index contributed by atoms with van der Waals surface area (Å²) in [4.78, 5) is 26.1. The van der Waals surface area contributed by atoms with Gasteiger partial charge in [0.1, 0.15) is 6.04 Å². The van der Waals surface area contributed by atoms with E-state index in [-0.39, 0.29) is 12.5 Å². The molecule has 0 saturated carbocycles. The van der Waals surface area contributed by atoms with E-state index in [4.69, 9.17) is 27.9 Å². The van der Waals surface area contributed by atoms with Gasteiger partial charge < -0.3 is 10.1 Å². The Kier molecular flexibility index (Phi) is 6.82. The van der Waals surface area contributed by atoms with Crippen LogP contribution < -0.4 is 5.32 Å². The van der Waals surface area contributed by atoms with Gasteiger partial charge in [-0.3, -0.25) is 9.69 Å². The number of carbonyl (C=O) groups excluding carboxylic acids is 2. The first-order valence-corrected chi connectivity index (χ1v) is 8.26. The van der Waals surface area contributed by atoms with E-state index in [1.165, 1.54) is 7.11 Å². The van der Waals surface area contributed by atoms with E-state index in [9.17, 15) is 9.59 Å². The van der Waals surface area contributed by atoms with Gasteiger partial charge in [-0.15, -0.1) is 0 Å². The molecule has 0 aliphatic carbocycles. The lowest BCUT2D eigenvalue weighted by molar-refractivity contribution is -0.147. The number of likely N-dealkylation sites (N-methyl/N-ethyl adjacent to an activating group) is 1. The van der Waals surface area contributed by atoms with Gasteiger partial charge in [-0.05, 0) is 36.9 Å². The van der Waals surface area contributed by atoms with Crippen molar-refractivity contribution in [3.63, 3.8) is 0 Å². The number of halogens is 2. The summed E-state index contributed by atoms with van der Waals surface area (Å²) < 4.78 is 4.87. The second-order valence-corrected chi connectivity index (χ2v) is 6.26. The maximum absolute atomic E-state index is 12.3. The smallest absolute Gasteiger partial charge is 0.327 e. The largest absolute Gasteiger partial charge is 0.468 e. The Morgan fingerprint density at radius 3 is 2.52 bits per heavy atom. The number of anilines is 1. The molecule has 0 fully saturated rings. The van der Waals surface area contributed by atoms with Crippen molar-refractivity contribution in [2.45, 2.75) is 6.04 Å². The maximum atomic E-state index is 12.3. The van der Waals surface area contributed by atoms with Crippen LogP contribution in [-0.2, 0) is 14.3 Å². The van der Waals surface area contributed by atoms with Crippen LogP contribution in [0.5, 0.6) is 0 Å². The minimum Gasteiger partial charge on any atom is -0.468 e. The van der Waals surface area contributed by atoms with Gasteiger partial charge in [0.2, 0.25) is 5.91 Å². The van der Waals surface area contributed by atoms with Crippen LogP contribution >= 0.6 is 23.2 Å². The number of esters is 1. The van der Waals surface area contributed by atoms with Crippen molar-refractivity contribution < 1.29 is 14.3 Å². The molecule has 1 atom stereocenters. The number of rotatable bonds is 6. The minimum atomic E-state index is -0.788. The van der Waals surface area contributed by atoms with E-state index in [0.717, 1.165) is 0 Å². The predicted octanol–water partition coefficient (Wildman–Crippen LogP) is 3.78. The highest BCUT2D eigenvalue weighted by atomic mass is 35.5. The third-order valence-electron chi connectivity index (χ3n) is 3.57. The zero-order valence-electron chi connectivity index (χ0n) is 13.8. The summed E-state index contributed by atoms with van der Waals surface area (Å²) in [6, 6.07) is 13.0. The molecule has 0 radical (unpaired) electrons. The molecule has 1 N–H and O–H groups in total. The second kappa shape index (κ2) is 8.85. The van der Waals surface area contributed by atoms with Crippen molar-refractivity contribution in [1.82, 2.24) is 4.90 Å². The number of hydrogen-bond acceptors (Lipinski definition) is 4. The molecule has 0 saturated heterocycles. The molecule has 0 bridgehead atoms. The SMILES string of the molecule is COC(=O)C(c1ccccc1Cl)N(C)CC(=O)Nc1cccc(Cl)c1. The fraction of sp³-hybridized carbons (Fsp3) is 0.222. The topological polar surface area (TPSA) is 58.6 Å². The molecule has 132 valence electrons. The average molecular weight is 381 g/mol. The minimum absolute atomic E-state index is 0.0303. The highest BCUT2D eigenvalue weighted by Gasteiger charge is 2.29. The van der Waals surface area contributed by atoms with E-state index in [1.54, 1.807) is 60.5 Å². The normalized spacial score (nSPS) is 11.9. The first-order valence-electron chi connectivity index (χ1n) is 7.50. The van der Waals surface area contributed by atoms with E-state index >= 15 is 0 Å². The van der Waals surface area contributed by atoms with E-state index in [0.29, 0.717) is 21.3 Å². The number of hydrogen-bond donors (Lipinski definition) is 1. The van der Waals surface area contributed by atoms with E-state index in [2.05, 4.69) is 5.32 Å². The first-order chi connectivity index (χ1) is 11.9. The van der Waals surface area contributed by atoms with Crippen molar-refractivity contribution in [3.8, 4) is 0 Å². The van der Waals surface area contributed by atoms with Crippen LogP contribution in [-0.4, -0.2) is 37.5 Å². The number of methoxy groups -OCH3 is 1. The molecule has 2 rings (SSSR count). The summed E-state index contributed by atoms with van der Waals surface area (Å²) >= 11 is 12.1. The van der Waals surface area contributed by atoms with Gasteiger partial charge in [-0.1, -0.05) is 47.5 Å². The van der Waals surface area contributed by atoms with Gasteiger partial charge in [0.15, 0.2) is 0 Å². The number of nitrogens with one attached hydrogen (secondary N) is 1. The summed E-state index contributed by atoms with van der Waals surface area (Å²) in [5, 5.41) is 3.69. The molecular weight excluding hydrogens is 363 g/mol. The Bertz CT molecular complexity index is 767. The third-order valence-corrected chi connectivity index (χ3v) is 4.15. The molecular formula is C18H18Cl2N2O3. The molecule has 7 heteroatoms. The van der Waals surface area contributed by atoms with E-state index < -0.39 is 12.0 Å². The summed E-state index contributed by atoms with van der Waals surface area (Å²) in [7, 11) is 2.95. The Morgan fingerprint density at radius 2 is 1.88 bits per heavy atom. The van der Waals surface area contributed by atoms with Crippen molar-refractivity contribution in [2.24, 2.45) is 0 Å². The zero-order valence-corrected chi connectivity index (χ0v) is 15.3. The number of ether oxygens (including phenoxy) is 1. The molecule has 0 spiro atoms. The summed E-state index contributed by atoms with van der Waals surface area (Å²) in [5.41, 5.74) is 1.16. The lowest BCUT2D eigenvalue weighted by Gasteiger charge is -2.26. The molecule has 0 aliphatic rings. The highest BCUT2D eigenvalue weighted by Crippen LogP contribution is 2.27. The van der Waals surface area contributed by atoms with Gasteiger partial charge in [-0.25, -0.2) is 4.79 Å². The summed E-state index contributed by atoms with van der Waals surface area (Å²) in [5.74, 6) is -0.781. The first kappa shape index (κ1) is 19.2. The van der Waals surface area contributed by atoms with Crippen LogP contribution in [0.1, 0.15) is 11.6 Å². The average Bonchev–Trinajstić information content (AvgIpc) is 2.56. The van der Waals surface area contributed by atoms with Gasteiger partial charge in [0.25, 0.3) is 0 Å². The van der Waals surface area contributed by atoms with Gasteiger partial charge in [0, 0.05) is 15.7 Å².